The number of amides is 1. The zero-order valence-electron chi connectivity index (χ0n) is 18.1. The molecular formula is C23H32N4O2S. The van der Waals surface area contributed by atoms with E-state index in [4.69, 9.17) is 4.42 Å². The predicted octanol–water partition coefficient (Wildman–Crippen LogP) is 4.70. The van der Waals surface area contributed by atoms with Gasteiger partial charge in [-0.3, -0.25) is 4.79 Å². The highest BCUT2D eigenvalue weighted by molar-refractivity contribution is 8.00. The average Bonchev–Trinajstić information content (AvgIpc) is 3.21. The van der Waals surface area contributed by atoms with Crippen molar-refractivity contribution in [1.82, 2.24) is 15.1 Å². The fraction of sp³-hybridized carbons (Fsp3) is 0.826. The van der Waals surface area contributed by atoms with Crippen LogP contribution in [0, 0.1) is 29.1 Å². The fourth-order valence-electron chi connectivity index (χ4n) is 7.19. The molecule has 1 heterocycles. The minimum absolute atomic E-state index is 0.0296. The largest absolute Gasteiger partial charge is 0.415 e. The molecule has 6 nitrogen and oxygen atoms in total. The summed E-state index contributed by atoms with van der Waals surface area (Å²) in [6.07, 6.45) is 12.4. The van der Waals surface area contributed by atoms with Crippen molar-refractivity contribution in [2.45, 2.75) is 99.0 Å². The van der Waals surface area contributed by atoms with Gasteiger partial charge < -0.3 is 9.32 Å². The maximum Gasteiger partial charge on any atom is 0.277 e. The average molecular weight is 429 g/mol. The molecule has 1 aromatic heterocycles. The van der Waals surface area contributed by atoms with E-state index in [1.165, 1.54) is 50.3 Å². The second-order valence-corrected chi connectivity index (χ2v) is 11.7. The third kappa shape index (κ3) is 3.36. The minimum atomic E-state index is -0.663. The molecular weight excluding hydrogens is 396 g/mol. The Labute approximate surface area is 183 Å². The number of hydrogen-bond acceptors (Lipinski definition) is 6. The van der Waals surface area contributed by atoms with Gasteiger partial charge in [0.2, 0.25) is 11.8 Å². The van der Waals surface area contributed by atoms with Gasteiger partial charge in [0.25, 0.3) is 5.22 Å². The van der Waals surface area contributed by atoms with Crippen molar-refractivity contribution < 1.29 is 9.21 Å². The zero-order valence-corrected chi connectivity index (χ0v) is 18.9. The van der Waals surface area contributed by atoms with Crippen molar-refractivity contribution >= 4 is 17.7 Å². The van der Waals surface area contributed by atoms with E-state index in [1.54, 1.807) is 11.9 Å². The van der Waals surface area contributed by atoms with Crippen LogP contribution in [0.5, 0.6) is 0 Å². The van der Waals surface area contributed by atoms with Gasteiger partial charge in [-0.1, -0.05) is 31.0 Å². The quantitative estimate of drug-likeness (QED) is 0.632. The Morgan fingerprint density at radius 3 is 2.30 bits per heavy atom. The van der Waals surface area contributed by atoms with E-state index in [1.807, 2.05) is 6.92 Å². The molecule has 7 heteroatoms. The first kappa shape index (κ1) is 20.4. The first-order chi connectivity index (χ1) is 14.4. The molecule has 0 saturated heterocycles. The first-order valence-electron chi connectivity index (χ1n) is 11.6. The van der Waals surface area contributed by atoms with Crippen molar-refractivity contribution in [3.63, 3.8) is 0 Å². The van der Waals surface area contributed by atoms with Crippen LogP contribution in [-0.4, -0.2) is 38.8 Å². The fourth-order valence-corrected chi connectivity index (χ4v) is 7.96. The van der Waals surface area contributed by atoms with Crippen LogP contribution in [0.2, 0.25) is 0 Å². The van der Waals surface area contributed by atoms with E-state index in [9.17, 15) is 10.1 Å². The molecule has 0 radical (unpaired) electrons. The van der Waals surface area contributed by atoms with Gasteiger partial charge >= 0.3 is 0 Å². The monoisotopic (exact) mass is 428 g/mol. The summed E-state index contributed by atoms with van der Waals surface area (Å²) in [4.78, 5) is 14.8. The van der Waals surface area contributed by atoms with Crippen molar-refractivity contribution in [3.05, 3.63) is 5.89 Å². The molecule has 0 aromatic carbocycles. The van der Waals surface area contributed by atoms with Crippen molar-refractivity contribution in [3.8, 4) is 6.07 Å². The van der Waals surface area contributed by atoms with Crippen LogP contribution in [0.1, 0.15) is 83.4 Å². The summed E-state index contributed by atoms with van der Waals surface area (Å²) in [6.45, 7) is 1.88. The van der Waals surface area contributed by atoms with Gasteiger partial charge in [-0.2, -0.15) is 5.26 Å². The maximum absolute atomic E-state index is 13.1. The van der Waals surface area contributed by atoms with Crippen molar-refractivity contribution in [1.29, 1.82) is 5.26 Å². The van der Waals surface area contributed by atoms with Crippen molar-refractivity contribution in [2.24, 2.45) is 17.8 Å². The van der Waals surface area contributed by atoms with E-state index >= 15 is 0 Å². The highest BCUT2D eigenvalue weighted by Gasteiger charge is 2.54. The van der Waals surface area contributed by atoms with Gasteiger partial charge in [0.1, 0.15) is 5.54 Å². The normalized spacial score (nSPS) is 35.0. The van der Waals surface area contributed by atoms with Gasteiger partial charge in [-0.25, -0.2) is 0 Å². The molecule has 4 bridgehead atoms. The number of nitrogens with zero attached hydrogens (tertiary/aromatic N) is 4. The smallest absolute Gasteiger partial charge is 0.277 e. The molecule has 5 aliphatic carbocycles. The van der Waals surface area contributed by atoms with Gasteiger partial charge in [0.05, 0.1) is 11.3 Å². The van der Waals surface area contributed by atoms with Crippen LogP contribution >= 0.6 is 11.8 Å². The summed E-state index contributed by atoms with van der Waals surface area (Å²) in [5.41, 5.74) is -0.582. The lowest BCUT2D eigenvalue weighted by Gasteiger charge is -2.55. The number of hydrogen-bond donors (Lipinski definition) is 0. The Balaban J connectivity index is 1.27. The van der Waals surface area contributed by atoms with Crippen LogP contribution in [0.4, 0.5) is 0 Å². The number of rotatable bonds is 5. The number of thioether (sulfide) groups is 1. The highest BCUT2D eigenvalue weighted by Crippen LogP contribution is 2.60. The second kappa shape index (κ2) is 7.55. The highest BCUT2D eigenvalue weighted by atomic mass is 32.2. The molecule has 1 amide bonds. The summed E-state index contributed by atoms with van der Waals surface area (Å²) in [5.74, 6) is 3.25. The summed E-state index contributed by atoms with van der Waals surface area (Å²) in [6, 6.07) is 2.44. The Morgan fingerprint density at radius 2 is 1.73 bits per heavy atom. The zero-order chi connectivity index (χ0) is 20.9. The van der Waals surface area contributed by atoms with E-state index in [2.05, 4.69) is 16.3 Å². The van der Waals surface area contributed by atoms with Gasteiger partial charge in [-0.15, -0.1) is 10.2 Å². The third-order valence-corrected chi connectivity index (χ3v) is 9.31. The minimum Gasteiger partial charge on any atom is -0.415 e. The van der Waals surface area contributed by atoms with Gasteiger partial charge in [-0.05, 0) is 76.0 Å². The summed E-state index contributed by atoms with van der Waals surface area (Å²) in [7, 11) is 1.78. The van der Waals surface area contributed by atoms with E-state index in [0.29, 0.717) is 5.22 Å². The number of carbonyl (C=O) groups excluding carboxylic acids is 1. The Bertz CT molecular complexity index is 818. The Hall–Kier alpha value is -1.55. The van der Waals surface area contributed by atoms with E-state index in [0.717, 1.165) is 55.7 Å². The molecule has 30 heavy (non-hydrogen) atoms. The second-order valence-electron chi connectivity index (χ2n) is 10.4. The predicted molar refractivity (Wildman–Crippen MR) is 114 cm³/mol. The molecule has 5 saturated carbocycles. The van der Waals surface area contributed by atoms with Crippen molar-refractivity contribution in [2.75, 3.05) is 7.05 Å². The lowest BCUT2D eigenvalue weighted by atomic mass is 9.49. The van der Waals surface area contributed by atoms with Crippen LogP contribution in [-0.2, 0) is 10.2 Å². The van der Waals surface area contributed by atoms with Crippen LogP contribution in [0.25, 0.3) is 0 Å². The summed E-state index contributed by atoms with van der Waals surface area (Å²) >= 11 is 1.34. The Morgan fingerprint density at radius 1 is 1.13 bits per heavy atom. The lowest BCUT2D eigenvalue weighted by molar-refractivity contribution is -0.133. The molecule has 5 fully saturated rings. The standard InChI is InChI=1S/C23H32N4O2S/c1-15(19(28)27(2)23(14-24)6-4-3-5-7-23)30-21-26-25-20(29-21)22-11-16-8-17(12-22)10-18(9-16)13-22/h15-18H,3-13H2,1-2H3/t15-,16?,17?,18?,22?/m0/s1. The Kier molecular flexibility index (Phi) is 5.12. The molecule has 5 aliphatic rings. The molecule has 6 rings (SSSR count). The van der Waals surface area contributed by atoms with Gasteiger partial charge in [0, 0.05) is 12.5 Å². The number of aromatic nitrogens is 2. The van der Waals surface area contributed by atoms with Gasteiger partial charge in [0.15, 0.2) is 0 Å². The first-order valence-corrected chi connectivity index (χ1v) is 12.5. The molecule has 0 N–H and O–H groups in total. The number of carbonyl (C=O) groups is 1. The molecule has 0 spiro atoms. The SMILES string of the molecule is C[C@H](Sc1nnc(C23CC4CC(CC(C4)C2)C3)o1)C(=O)N(C)C1(C#N)CCCCC1. The van der Waals surface area contributed by atoms with Crippen LogP contribution < -0.4 is 0 Å². The molecule has 0 unspecified atom stereocenters. The van der Waals surface area contributed by atoms with E-state index in [-0.39, 0.29) is 16.6 Å². The summed E-state index contributed by atoms with van der Waals surface area (Å²) in [5, 5.41) is 18.7. The maximum atomic E-state index is 13.1. The number of nitriles is 1. The molecule has 0 aliphatic heterocycles. The van der Waals surface area contributed by atoms with Crippen LogP contribution in [0.3, 0.4) is 0 Å². The third-order valence-electron chi connectivity index (χ3n) is 8.39. The molecule has 1 aromatic rings. The topological polar surface area (TPSA) is 83.0 Å². The summed E-state index contributed by atoms with van der Waals surface area (Å²) < 4.78 is 6.17. The van der Waals surface area contributed by atoms with E-state index < -0.39 is 5.54 Å². The molecule has 1 atom stereocenters. The lowest BCUT2D eigenvalue weighted by Crippen LogP contribution is -2.52. The van der Waals surface area contributed by atoms with Crippen LogP contribution in [0.15, 0.2) is 9.64 Å². The molecule has 162 valence electrons.